The van der Waals surface area contributed by atoms with Gasteiger partial charge in [-0.3, -0.25) is 9.59 Å². The van der Waals surface area contributed by atoms with E-state index in [0.717, 1.165) is 29.5 Å². The van der Waals surface area contributed by atoms with Crippen molar-refractivity contribution in [1.29, 1.82) is 0 Å². The second-order valence-corrected chi connectivity index (χ2v) is 6.55. The van der Waals surface area contributed by atoms with Crippen LogP contribution in [0.15, 0.2) is 59.8 Å². The second-order valence-electron chi connectivity index (χ2n) is 6.55. The summed E-state index contributed by atoms with van der Waals surface area (Å²) < 4.78 is 1.88. The van der Waals surface area contributed by atoms with Gasteiger partial charge in [-0.15, -0.1) is 0 Å². The third kappa shape index (κ3) is 2.92. The van der Waals surface area contributed by atoms with Gasteiger partial charge in [0.15, 0.2) is 0 Å². The number of carbonyl (C=O) groups is 2. The van der Waals surface area contributed by atoms with Gasteiger partial charge in [-0.25, -0.2) is 5.43 Å². The summed E-state index contributed by atoms with van der Waals surface area (Å²) in [6.07, 6.45) is 5.38. The van der Waals surface area contributed by atoms with E-state index in [1.54, 1.807) is 6.21 Å². The molecule has 5 heteroatoms. The van der Waals surface area contributed by atoms with Gasteiger partial charge >= 0.3 is 0 Å². The summed E-state index contributed by atoms with van der Waals surface area (Å²) in [6.45, 7) is 1.91. The Morgan fingerprint density at radius 2 is 1.85 bits per heavy atom. The zero-order valence-corrected chi connectivity index (χ0v) is 14.5. The molecule has 1 amide bonds. The Morgan fingerprint density at radius 1 is 1.12 bits per heavy atom. The molecule has 2 aromatic heterocycles. The predicted molar refractivity (Wildman–Crippen MR) is 100 cm³/mol. The first kappa shape index (κ1) is 16.3. The molecule has 1 aliphatic rings. The third-order valence-corrected chi connectivity index (χ3v) is 4.70. The minimum Gasteiger partial charge on any atom is -0.313 e. The molecule has 1 N–H and O–H groups in total. The molecule has 0 atom stereocenters. The largest absolute Gasteiger partial charge is 0.313 e. The Labute approximate surface area is 151 Å². The highest BCUT2D eigenvalue weighted by Gasteiger charge is 2.29. The van der Waals surface area contributed by atoms with Gasteiger partial charge < -0.3 is 4.40 Å². The Hall–Kier alpha value is -3.21. The van der Waals surface area contributed by atoms with Gasteiger partial charge in [0.2, 0.25) is 11.7 Å². The lowest BCUT2D eigenvalue weighted by Gasteiger charge is -2.03. The number of nitrogens with zero attached hydrogens (tertiary/aromatic N) is 2. The average Bonchev–Trinajstić information content (AvgIpc) is 3.48. The van der Waals surface area contributed by atoms with E-state index in [0.29, 0.717) is 11.3 Å². The van der Waals surface area contributed by atoms with Crippen LogP contribution in [0.2, 0.25) is 0 Å². The molecular weight excluding hydrogens is 326 g/mol. The summed E-state index contributed by atoms with van der Waals surface area (Å²) in [5, 5.41) is 4.11. The fourth-order valence-electron chi connectivity index (χ4n) is 3.12. The number of pyridine rings is 1. The number of carbonyl (C=O) groups excluding carboxylic acids is 2. The predicted octanol–water partition coefficient (Wildman–Crippen LogP) is 3.34. The first-order valence-electron chi connectivity index (χ1n) is 8.69. The summed E-state index contributed by atoms with van der Waals surface area (Å²) in [7, 11) is 0. The van der Waals surface area contributed by atoms with Gasteiger partial charge in [-0.1, -0.05) is 36.4 Å². The van der Waals surface area contributed by atoms with Crippen LogP contribution in [0.3, 0.4) is 0 Å². The summed E-state index contributed by atoms with van der Waals surface area (Å²) in [5.41, 5.74) is 6.41. The van der Waals surface area contributed by atoms with Crippen LogP contribution in [0.25, 0.3) is 5.52 Å². The number of ketones is 1. The van der Waals surface area contributed by atoms with Gasteiger partial charge in [0.05, 0.1) is 17.4 Å². The van der Waals surface area contributed by atoms with Crippen molar-refractivity contribution >= 4 is 23.4 Å². The van der Waals surface area contributed by atoms with E-state index >= 15 is 0 Å². The van der Waals surface area contributed by atoms with Crippen molar-refractivity contribution in [2.45, 2.75) is 19.8 Å². The summed E-state index contributed by atoms with van der Waals surface area (Å²) in [6, 6.07) is 15.0. The second kappa shape index (κ2) is 6.59. The monoisotopic (exact) mass is 345 g/mol. The quantitative estimate of drug-likeness (QED) is 0.438. The maximum atomic E-state index is 13.0. The summed E-state index contributed by atoms with van der Waals surface area (Å²) >= 11 is 0. The van der Waals surface area contributed by atoms with Crippen LogP contribution < -0.4 is 5.43 Å². The van der Waals surface area contributed by atoms with Crippen LogP contribution in [0, 0.1) is 12.8 Å². The molecule has 0 radical (unpaired) electrons. The maximum absolute atomic E-state index is 13.0. The average molecular weight is 345 g/mol. The first-order valence-corrected chi connectivity index (χ1v) is 8.69. The fourth-order valence-corrected chi connectivity index (χ4v) is 3.12. The minimum atomic E-state index is -0.0389. The Balaban J connectivity index is 1.74. The highest BCUT2D eigenvalue weighted by molar-refractivity contribution is 6.11. The molecule has 0 saturated heterocycles. The Kier molecular flexibility index (Phi) is 4.13. The Bertz CT molecular complexity index is 1010. The van der Waals surface area contributed by atoms with Crippen LogP contribution in [-0.4, -0.2) is 22.3 Å². The normalized spacial score (nSPS) is 14.0. The molecule has 1 aliphatic carbocycles. The maximum Gasteiger partial charge on any atom is 0.243 e. The Morgan fingerprint density at radius 3 is 2.58 bits per heavy atom. The van der Waals surface area contributed by atoms with Crippen molar-refractivity contribution in [1.82, 2.24) is 9.83 Å². The number of hydrazone groups is 1. The van der Waals surface area contributed by atoms with Crippen molar-refractivity contribution in [2.24, 2.45) is 11.0 Å². The van der Waals surface area contributed by atoms with E-state index in [4.69, 9.17) is 0 Å². The number of amides is 1. The fraction of sp³-hybridized carbons (Fsp3) is 0.190. The lowest BCUT2D eigenvalue weighted by atomic mass is 10.0. The number of hydrogen-bond donors (Lipinski definition) is 1. The standard InChI is InChI=1S/C21H19N3O2/c1-14-17(13-22-23-21(26)16-10-11-16)18-9-5-6-12-24(18)19(14)20(25)15-7-3-2-4-8-15/h2-9,12-13,16H,10-11H2,1H3,(H,23,26)/b22-13-. The van der Waals surface area contributed by atoms with E-state index in [9.17, 15) is 9.59 Å². The summed E-state index contributed by atoms with van der Waals surface area (Å²) in [5.74, 6) is 0.0308. The van der Waals surface area contributed by atoms with Crippen LogP contribution >= 0.6 is 0 Å². The molecule has 26 heavy (non-hydrogen) atoms. The van der Waals surface area contributed by atoms with E-state index in [1.165, 1.54) is 0 Å². The van der Waals surface area contributed by atoms with Gasteiger partial charge in [0, 0.05) is 23.2 Å². The van der Waals surface area contributed by atoms with Gasteiger partial charge in [-0.2, -0.15) is 5.10 Å². The number of fused-ring (bicyclic) bond motifs is 1. The van der Waals surface area contributed by atoms with Crippen molar-refractivity contribution in [3.8, 4) is 0 Å². The molecule has 0 aliphatic heterocycles. The van der Waals surface area contributed by atoms with E-state index in [2.05, 4.69) is 10.5 Å². The molecule has 130 valence electrons. The molecule has 1 fully saturated rings. The lowest BCUT2D eigenvalue weighted by Crippen LogP contribution is -2.19. The van der Waals surface area contributed by atoms with Crippen molar-refractivity contribution in [3.63, 3.8) is 0 Å². The molecule has 2 heterocycles. The molecule has 4 rings (SSSR count). The van der Waals surface area contributed by atoms with E-state index in [-0.39, 0.29) is 17.6 Å². The number of aromatic nitrogens is 1. The topological polar surface area (TPSA) is 62.9 Å². The molecule has 0 unspecified atom stereocenters. The number of rotatable bonds is 5. The molecule has 3 aromatic rings. The van der Waals surface area contributed by atoms with E-state index in [1.807, 2.05) is 66.1 Å². The SMILES string of the molecule is Cc1c(/C=N\NC(=O)C2CC2)c2ccccn2c1C(=O)c1ccccc1. The molecular formula is C21H19N3O2. The van der Waals surface area contributed by atoms with Crippen molar-refractivity contribution in [3.05, 3.63) is 77.1 Å². The lowest BCUT2D eigenvalue weighted by molar-refractivity contribution is -0.122. The molecule has 0 bridgehead atoms. The van der Waals surface area contributed by atoms with Gasteiger partial charge in [-0.05, 0) is 37.5 Å². The highest BCUT2D eigenvalue weighted by atomic mass is 16.2. The molecule has 1 aromatic carbocycles. The molecule has 5 nitrogen and oxygen atoms in total. The first-order chi connectivity index (χ1) is 12.7. The zero-order chi connectivity index (χ0) is 18.1. The van der Waals surface area contributed by atoms with Crippen LogP contribution in [-0.2, 0) is 4.79 Å². The minimum absolute atomic E-state index is 0.0361. The zero-order valence-electron chi connectivity index (χ0n) is 14.5. The van der Waals surface area contributed by atoms with E-state index < -0.39 is 0 Å². The van der Waals surface area contributed by atoms with Crippen LogP contribution in [0.5, 0.6) is 0 Å². The van der Waals surface area contributed by atoms with Crippen LogP contribution in [0.1, 0.15) is 40.0 Å². The van der Waals surface area contributed by atoms with Crippen molar-refractivity contribution in [2.75, 3.05) is 0 Å². The number of benzene rings is 1. The van der Waals surface area contributed by atoms with Gasteiger partial charge in [0.25, 0.3) is 0 Å². The third-order valence-electron chi connectivity index (χ3n) is 4.70. The van der Waals surface area contributed by atoms with Crippen LogP contribution in [0.4, 0.5) is 0 Å². The molecule has 1 saturated carbocycles. The molecule has 0 spiro atoms. The number of nitrogens with one attached hydrogen (secondary N) is 1. The van der Waals surface area contributed by atoms with Crippen molar-refractivity contribution < 1.29 is 9.59 Å². The van der Waals surface area contributed by atoms with Gasteiger partial charge in [0.1, 0.15) is 0 Å². The smallest absolute Gasteiger partial charge is 0.243 e. The highest BCUT2D eigenvalue weighted by Crippen LogP contribution is 2.28. The summed E-state index contributed by atoms with van der Waals surface area (Å²) in [4.78, 5) is 24.8. The number of hydrogen-bond acceptors (Lipinski definition) is 3.